The Labute approximate surface area is 118 Å². The number of hydrogen-bond donors (Lipinski definition) is 3. The zero-order valence-electron chi connectivity index (χ0n) is 11.6. The third-order valence-corrected chi connectivity index (χ3v) is 3.97. The SMILES string of the molecule is CCOC(=O)C1(c2nc3[nH]c(=O)[nH]c(=O)c3[nH]2)CCCC1. The molecule has 0 bridgehead atoms. The fourth-order valence-corrected chi connectivity index (χ4v) is 2.94. The van der Waals surface area contributed by atoms with E-state index in [1.54, 1.807) is 6.92 Å². The first kappa shape index (κ1) is 13.6. The molecular formula is C13H16N4O4. The van der Waals surface area contributed by atoms with Crippen LogP contribution in [-0.4, -0.2) is 32.5 Å². The highest BCUT2D eigenvalue weighted by atomic mass is 16.5. The number of carbonyl (C=O) groups excluding carboxylic acids is 1. The number of H-pyrrole nitrogens is 3. The Bertz CT molecular complexity index is 794. The number of fused-ring (bicyclic) bond motifs is 1. The van der Waals surface area contributed by atoms with E-state index in [1.165, 1.54) is 0 Å². The first-order chi connectivity index (χ1) is 10.1. The van der Waals surface area contributed by atoms with E-state index < -0.39 is 16.7 Å². The van der Waals surface area contributed by atoms with Gasteiger partial charge >= 0.3 is 11.7 Å². The van der Waals surface area contributed by atoms with E-state index in [0.29, 0.717) is 18.7 Å². The molecule has 0 saturated heterocycles. The maximum atomic E-state index is 12.4. The Kier molecular flexibility index (Phi) is 3.15. The van der Waals surface area contributed by atoms with Crippen LogP contribution in [0.1, 0.15) is 38.4 Å². The summed E-state index contributed by atoms with van der Waals surface area (Å²) < 4.78 is 5.18. The monoisotopic (exact) mass is 292 g/mol. The van der Waals surface area contributed by atoms with Crippen molar-refractivity contribution >= 4 is 17.1 Å². The fraction of sp³-hybridized carbons (Fsp3) is 0.538. The van der Waals surface area contributed by atoms with Crippen molar-refractivity contribution in [2.75, 3.05) is 6.61 Å². The van der Waals surface area contributed by atoms with Crippen molar-refractivity contribution in [1.82, 2.24) is 19.9 Å². The van der Waals surface area contributed by atoms with Gasteiger partial charge in [0.2, 0.25) is 0 Å². The number of hydrogen-bond acceptors (Lipinski definition) is 5. The Morgan fingerprint density at radius 1 is 1.24 bits per heavy atom. The minimum atomic E-state index is -0.849. The van der Waals surface area contributed by atoms with Crippen LogP contribution in [0.3, 0.4) is 0 Å². The second-order valence-corrected chi connectivity index (χ2v) is 5.23. The van der Waals surface area contributed by atoms with Crippen molar-refractivity contribution in [3.63, 3.8) is 0 Å². The molecule has 1 aliphatic rings. The number of esters is 1. The van der Waals surface area contributed by atoms with Crippen LogP contribution < -0.4 is 11.2 Å². The summed E-state index contributed by atoms with van der Waals surface area (Å²) >= 11 is 0. The Balaban J connectivity index is 2.17. The van der Waals surface area contributed by atoms with Gasteiger partial charge in [-0.2, -0.15) is 0 Å². The number of rotatable bonds is 3. The Morgan fingerprint density at radius 2 is 1.95 bits per heavy atom. The smallest absolute Gasteiger partial charge is 0.327 e. The van der Waals surface area contributed by atoms with Gasteiger partial charge in [0.25, 0.3) is 5.56 Å². The van der Waals surface area contributed by atoms with E-state index in [4.69, 9.17) is 4.74 Å². The number of nitrogens with zero attached hydrogens (tertiary/aromatic N) is 1. The molecule has 1 saturated carbocycles. The lowest BCUT2D eigenvalue weighted by molar-refractivity contribution is -0.150. The summed E-state index contributed by atoms with van der Waals surface area (Å²) in [5, 5.41) is 0. The number of carbonyl (C=O) groups is 1. The third kappa shape index (κ3) is 2.07. The van der Waals surface area contributed by atoms with Gasteiger partial charge in [0.15, 0.2) is 5.65 Å². The third-order valence-electron chi connectivity index (χ3n) is 3.97. The van der Waals surface area contributed by atoms with Crippen LogP contribution in [-0.2, 0) is 14.9 Å². The van der Waals surface area contributed by atoms with Crippen LogP contribution in [0, 0.1) is 0 Å². The van der Waals surface area contributed by atoms with E-state index in [1.807, 2.05) is 0 Å². The average Bonchev–Trinajstić information content (AvgIpc) is 3.05. The predicted molar refractivity (Wildman–Crippen MR) is 74.1 cm³/mol. The maximum absolute atomic E-state index is 12.4. The summed E-state index contributed by atoms with van der Waals surface area (Å²) in [5.41, 5.74) is -1.70. The van der Waals surface area contributed by atoms with Gasteiger partial charge in [-0.1, -0.05) is 12.8 Å². The molecule has 0 aromatic carbocycles. The van der Waals surface area contributed by atoms with E-state index in [9.17, 15) is 14.4 Å². The molecular weight excluding hydrogens is 276 g/mol. The molecule has 0 aliphatic heterocycles. The number of imidazole rings is 1. The van der Waals surface area contributed by atoms with Crippen LogP contribution in [0.15, 0.2) is 9.59 Å². The summed E-state index contributed by atoms with van der Waals surface area (Å²) in [4.78, 5) is 47.1. The van der Waals surface area contributed by atoms with Gasteiger partial charge in [-0.3, -0.25) is 19.6 Å². The molecule has 112 valence electrons. The summed E-state index contributed by atoms with van der Waals surface area (Å²) in [6.07, 6.45) is 3.02. The zero-order valence-corrected chi connectivity index (χ0v) is 11.6. The van der Waals surface area contributed by atoms with Crippen LogP contribution >= 0.6 is 0 Å². The lowest BCUT2D eigenvalue weighted by Crippen LogP contribution is -2.36. The first-order valence-corrected chi connectivity index (χ1v) is 6.97. The van der Waals surface area contributed by atoms with Crippen molar-refractivity contribution in [3.05, 3.63) is 26.7 Å². The van der Waals surface area contributed by atoms with Crippen molar-refractivity contribution in [2.45, 2.75) is 38.0 Å². The largest absolute Gasteiger partial charge is 0.465 e. The lowest BCUT2D eigenvalue weighted by atomic mass is 9.85. The van der Waals surface area contributed by atoms with Crippen LogP contribution in [0.5, 0.6) is 0 Å². The van der Waals surface area contributed by atoms with Crippen LogP contribution in [0.2, 0.25) is 0 Å². The molecule has 2 aromatic rings. The molecule has 0 amide bonds. The normalized spacial score (nSPS) is 17.2. The van der Waals surface area contributed by atoms with Crippen LogP contribution in [0.25, 0.3) is 11.2 Å². The van der Waals surface area contributed by atoms with Crippen molar-refractivity contribution in [3.8, 4) is 0 Å². The molecule has 3 N–H and O–H groups in total. The number of ether oxygens (including phenoxy) is 1. The minimum Gasteiger partial charge on any atom is -0.465 e. The Hall–Kier alpha value is -2.38. The van der Waals surface area contributed by atoms with Crippen molar-refractivity contribution in [2.24, 2.45) is 0 Å². The van der Waals surface area contributed by atoms with Gasteiger partial charge in [0, 0.05) is 0 Å². The zero-order chi connectivity index (χ0) is 15.0. The van der Waals surface area contributed by atoms with E-state index >= 15 is 0 Å². The standard InChI is InChI=1S/C13H16N4O4/c1-2-21-11(19)13(5-3-4-6-13)10-14-7-8(15-10)16-12(20)17-9(7)18/h2-6H2,1H3,(H3,14,15,16,17,18,20). The molecule has 2 heterocycles. The first-order valence-electron chi connectivity index (χ1n) is 6.97. The summed E-state index contributed by atoms with van der Waals surface area (Å²) in [7, 11) is 0. The van der Waals surface area contributed by atoms with Gasteiger partial charge in [-0.15, -0.1) is 0 Å². The maximum Gasteiger partial charge on any atom is 0.327 e. The molecule has 1 fully saturated rings. The topological polar surface area (TPSA) is 121 Å². The van der Waals surface area contributed by atoms with Gasteiger partial charge in [-0.25, -0.2) is 9.78 Å². The van der Waals surface area contributed by atoms with Crippen molar-refractivity contribution in [1.29, 1.82) is 0 Å². The van der Waals surface area contributed by atoms with E-state index in [-0.39, 0.29) is 23.7 Å². The Morgan fingerprint density at radius 3 is 2.62 bits per heavy atom. The number of aromatic nitrogens is 4. The summed E-state index contributed by atoms with van der Waals surface area (Å²) in [5.74, 6) is 0.0566. The van der Waals surface area contributed by atoms with Gasteiger partial charge < -0.3 is 9.72 Å². The summed E-state index contributed by atoms with van der Waals surface area (Å²) in [6.45, 7) is 2.04. The van der Waals surface area contributed by atoms with E-state index in [0.717, 1.165) is 12.8 Å². The molecule has 0 spiro atoms. The van der Waals surface area contributed by atoms with Gasteiger partial charge in [0.05, 0.1) is 6.61 Å². The quantitative estimate of drug-likeness (QED) is 0.703. The fourth-order valence-electron chi connectivity index (χ4n) is 2.94. The number of aromatic amines is 3. The van der Waals surface area contributed by atoms with E-state index in [2.05, 4.69) is 19.9 Å². The molecule has 8 heteroatoms. The van der Waals surface area contributed by atoms with Gasteiger partial charge in [-0.05, 0) is 19.8 Å². The second-order valence-electron chi connectivity index (χ2n) is 5.23. The minimum absolute atomic E-state index is 0.161. The molecule has 8 nitrogen and oxygen atoms in total. The number of nitrogens with one attached hydrogen (secondary N) is 3. The second kappa shape index (κ2) is 4.87. The predicted octanol–water partition coefficient (Wildman–Crippen LogP) is 0.314. The molecule has 3 rings (SSSR count). The van der Waals surface area contributed by atoms with Crippen molar-refractivity contribution < 1.29 is 9.53 Å². The molecule has 2 aromatic heterocycles. The molecule has 21 heavy (non-hydrogen) atoms. The molecule has 0 unspecified atom stereocenters. The summed E-state index contributed by atoms with van der Waals surface area (Å²) in [6, 6.07) is 0. The van der Waals surface area contributed by atoms with Gasteiger partial charge in [0.1, 0.15) is 16.8 Å². The average molecular weight is 292 g/mol. The highest BCUT2D eigenvalue weighted by Gasteiger charge is 2.47. The van der Waals surface area contributed by atoms with Crippen LogP contribution in [0.4, 0.5) is 0 Å². The lowest BCUT2D eigenvalue weighted by Gasteiger charge is -2.23. The highest BCUT2D eigenvalue weighted by Crippen LogP contribution is 2.41. The molecule has 0 radical (unpaired) electrons. The molecule has 0 atom stereocenters. The highest BCUT2D eigenvalue weighted by molar-refractivity contribution is 5.84. The molecule has 1 aliphatic carbocycles.